The number of nitrogens with one attached hydrogen (secondary N) is 1. The van der Waals surface area contributed by atoms with E-state index < -0.39 is 23.9 Å². The normalized spacial score (nSPS) is 14.2. The van der Waals surface area contributed by atoms with Gasteiger partial charge < -0.3 is 32.1 Å². The molecule has 0 radical (unpaired) electrons. The summed E-state index contributed by atoms with van der Waals surface area (Å²) in [4.78, 5) is 73.4. The monoisotopic (exact) mass is 903 g/mol. The van der Waals surface area contributed by atoms with E-state index in [0.29, 0.717) is 45.4 Å². The van der Waals surface area contributed by atoms with Crippen molar-refractivity contribution in [3.05, 3.63) is 11.6 Å². The number of carboxylic acids is 3. The van der Waals surface area contributed by atoms with Crippen LogP contribution in [0.25, 0.3) is 0 Å². The van der Waals surface area contributed by atoms with Gasteiger partial charge in [-0.1, -0.05) is 65.8 Å². The lowest BCUT2D eigenvalue weighted by Crippen LogP contribution is -2.43. The highest BCUT2D eigenvalue weighted by molar-refractivity contribution is 6.05. The highest BCUT2D eigenvalue weighted by atomic mass is 17.4. The summed E-state index contributed by atoms with van der Waals surface area (Å²) in [6.45, 7) is 10.8. The fraction of sp³-hybridized carbons (Fsp3) is 0.733. The van der Waals surface area contributed by atoms with Gasteiger partial charge >= 0.3 is 17.9 Å². The highest BCUT2D eigenvalue weighted by Gasteiger charge is 2.37. The van der Waals surface area contributed by atoms with Gasteiger partial charge in [0.2, 0.25) is 11.8 Å². The number of rotatable bonds is 28. The molecular formula is C45H82N4O14. The third kappa shape index (κ3) is 40.1. The first kappa shape index (κ1) is 67.7. The Hall–Kier alpha value is -4.40. The maximum absolute atomic E-state index is 13.0. The third-order valence-electron chi connectivity index (χ3n) is 9.54. The molecule has 3 amide bonds. The number of terminal acetylenes is 2. The summed E-state index contributed by atoms with van der Waals surface area (Å²) in [6.07, 6.45) is 26.2. The second-order valence-corrected chi connectivity index (χ2v) is 14.7. The van der Waals surface area contributed by atoms with Gasteiger partial charge in [0.25, 0.3) is 5.91 Å². The molecule has 0 aromatic heterocycles. The predicted molar refractivity (Wildman–Crippen MR) is 243 cm³/mol. The Bertz CT molecular complexity index is 1330. The van der Waals surface area contributed by atoms with Gasteiger partial charge in [0, 0.05) is 43.7 Å². The number of nitrogens with two attached hydrogens (primary N) is 2. The van der Waals surface area contributed by atoms with Crippen molar-refractivity contribution in [2.75, 3.05) is 19.7 Å². The molecule has 1 heterocycles. The molecule has 366 valence electrons. The first-order chi connectivity index (χ1) is 29.4. The minimum atomic E-state index is -0.933. The Balaban J connectivity index is -0.000000303. The van der Waals surface area contributed by atoms with Crippen LogP contribution in [-0.4, -0.2) is 103 Å². The van der Waals surface area contributed by atoms with Crippen LogP contribution < -0.4 is 16.8 Å². The van der Waals surface area contributed by atoms with E-state index in [9.17, 15) is 28.8 Å². The van der Waals surface area contributed by atoms with Crippen LogP contribution in [0.2, 0.25) is 0 Å². The van der Waals surface area contributed by atoms with Gasteiger partial charge in [-0.3, -0.25) is 38.9 Å². The second kappa shape index (κ2) is 47.1. The molecule has 18 nitrogen and oxygen atoms in total. The topological polar surface area (TPSA) is 310 Å². The first-order valence-corrected chi connectivity index (χ1v) is 21.5. The molecule has 5 atom stereocenters. The van der Waals surface area contributed by atoms with Crippen LogP contribution in [0.15, 0.2) is 11.6 Å². The smallest absolute Gasteiger partial charge is 0.320 e. The zero-order valence-corrected chi connectivity index (χ0v) is 37.7. The second-order valence-electron chi connectivity index (χ2n) is 14.7. The summed E-state index contributed by atoms with van der Waals surface area (Å²) < 4.78 is 0. The van der Waals surface area contributed by atoms with Crippen LogP contribution in [0.5, 0.6) is 0 Å². The summed E-state index contributed by atoms with van der Waals surface area (Å²) in [5, 5.41) is 51.0. The van der Waals surface area contributed by atoms with Gasteiger partial charge in [0.15, 0.2) is 0 Å². The molecule has 0 aliphatic carbocycles. The zero-order chi connectivity index (χ0) is 48.3. The van der Waals surface area contributed by atoms with Crippen molar-refractivity contribution in [2.45, 2.75) is 176 Å². The maximum atomic E-state index is 13.0. The van der Waals surface area contributed by atoms with Crippen molar-refractivity contribution in [2.24, 2.45) is 29.2 Å². The lowest BCUT2D eigenvalue weighted by Gasteiger charge is -2.28. The molecule has 0 unspecified atom stereocenters. The summed E-state index contributed by atoms with van der Waals surface area (Å²) in [5.41, 5.74) is 11.4. The number of carboxylic acid groups (broad SMARTS) is 3. The molecule has 0 saturated carbocycles. The number of carbonyl (C=O) groups is 6. The van der Waals surface area contributed by atoms with Gasteiger partial charge in [0.05, 0.1) is 18.6 Å². The number of hydrogen-bond donors (Lipinski definition) is 9. The number of imide groups is 1. The summed E-state index contributed by atoms with van der Waals surface area (Å²) in [7, 11) is 0. The van der Waals surface area contributed by atoms with E-state index in [1.165, 1.54) is 4.90 Å². The lowest BCUT2D eigenvalue weighted by atomic mass is 9.97. The van der Waals surface area contributed by atoms with E-state index in [1.807, 2.05) is 20.8 Å². The molecule has 0 aromatic rings. The fourth-order valence-electron chi connectivity index (χ4n) is 5.74. The first-order valence-electron chi connectivity index (χ1n) is 21.5. The average Bonchev–Trinajstić information content (AvgIpc) is 3.56. The van der Waals surface area contributed by atoms with E-state index in [1.54, 1.807) is 19.9 Å². The number of aliphatic carboxylic acids is 3. The molecule has 0 aromatic carbocycles. The number of carbonyl (C=O) groups excluding carboxylic acids is 3. The Labute approximate surface area is 376 Å². The van der Waals surface area contributed by atoms with Gasteiger partial charge in [0.1, 0.15) is 6.04 Å². The van der Waals surface area contributed by atoms with Crippen LogP contribution in [0.4, 0.5) is 0 Å². The van der Waals surface area contributed by atoms with Gasteiger partial charge in [-0.25, -0.2) is 15.4 Å². The summed E-state index contributed by atoms with van der Waals surface area (Å²) in [6, 6.07) is -0.875. The molecular weight excluding hydrogens is 821 g/mol. The number of hydrogen-bond acceptors (Lipinski definition) is 13. The highest BCUT2D eigenvalue weighted by Crippen LogP contribution is 2.29. The summed E-state index contributed by atoms with van der Waals surface area (Å²) in [5.74, 6) is 1.91. The number of nitrogens with zero attached hydrogens (tertiary/aromatic N) is 1. The van der Waals surface area contributed by atoms with Crippen LogP contribution in [0.1, 0.15) is 164 Å². The van der Waals surface area contributed by atoms with E-state index in [4.69, 9.17) is 55.4 Å². The largest absolute Gasteiger partial charge is 0.481 e. The molecule has 0 spiro atoms. The molecule has 18 heteroatoms. The van der Waals surface area contributed by atoms with Crippen LogP contribution in [0, 0.1) is 42.4 Å². The molecule has 0 bridgehead atoms. The quantitative estimate of drug-likeness (QED) is 0.0166. The average molecular weight is 903 g/mol. The van der Waals surface area contributed by atoms with Crippen molar-refractivity contribution < 1.29 is 69.8 Å². The molecule has 0 saturated heterocycles. The van der Waals surface area contributed by atoms with Gasteiger partial charge in [-0.2, -0.15) is 0 Å². The van der Waals surface area contributed by atoms with Crippen molar-refractivity contribution >= 4 is 35.6 Å². The Morgan fingerprint density at radius 1 is 0.778 bits per heavy atom. The minimum absolute atomic E-state index is 0. The Morgan fingerprint density at radius 3 is 1.71 bits per heavy atom. The van der Waals surface area contributed by atoms with Crippen molar-refractivity contribution in [1.29, 1.82) is 0 Å². The van der Waals surface area contributed by atoms with Crippen molar-refractivity contribution in [3.8, 4) is 24.7 Å². The SMILES string of the molecule is C.C#CCCCC[C@@H](C)C(=O)NCCCC[C@H]1C(CC)=CC(=O)N1C(=O)[C@H](C)CCCCC#C.CCOO.C[C@H](CCCCC(=O)O)C(=O)O.NCCCC[C@H](N)C(=O)O.OOO. The zero-order valence-electron chi connectivity index (χ0n) is 37.7. The molecule has 11 N–H and O–H groups in total. The number of unbranched alkanes of at least 4 members (excludes halogenated alkanes) is 7. The summed E-state index contributed by atoms with van der Waals surface area (Å²) >= 11 is 0. The van der Waals surface area contributed by atoms with E-state index in [0.717, 1.165) is 95.5 Å². The lowest BCUT2D eigenvalue weighted by molar-refractivity contribution is -0.465. The third-order valence-corrected chi connectivity index (χ3v) is 9.54. The van der Waals surface area contributed by atoms with Crippen molar-refractivity contribution in [1.82, 2.24) is 10.2 Å². The van der Waals surface area contributed by atoms with E-state index >= 15 is 0 Å². The minimum Gasteiger partial charge on any atom is -0.481 e. The van der Waals surface area contributed by atoms with Crippen LogP contribution in [-0.2, 0) is 38.7 Å². The van der Waals surface area contributed by atoms with Crippen LogP contribution >= 0.6 is 0 Å². The molecule has 1 aliphatic heterocycles. The Kier molecular flexibility index (Phi) is 50.6. The molecule has 0 fully saturated rings. The van der Waals surface area contributed by atoms with E-state index in [2.05, 4.69) is 27.1 Å². The van der Waals surface area contributed by atoms with Gasteiger partial charge in [-0.05, 0) is 96.1 Å². The van der Waals surface area contributed by atoms with E-state index in [-0.39, 0.29) is 55.4 Å². The Morgan fingerprint density at radius 2 is 1.27 bits per heavy atom. The van der Waals surface area contributed by atoms with Crippen LogP contribution in [0.3, 0.4) is 0 Å². The maximum Gasteiger partial charge on any atom is 0.320 e. The van der Waals surface area contributed by atoms with Crippen molar-refractivity contribution in [3.63, 3.8) is 0 Å². The standard InChI is InChI=1S/C28H42N2O3.C8H14O4.C6H14N2O2.C2H6O2.CH4.H2O3/c1-6-9-11-13-17-22(4)27(32)29-20-16-15-19-25-24(8-3)21-26(31)30(25)28(33)23(5)18-14-12-10-7-2;1-6(8(11)12)4-2-3-5-7(9)10;7-4-2-1-3-5(8)6(9)10;1-2-4-3;;1-3-2/h1-2,21-23,25H,8-20H2,3-5H3,(H,29,32);6H,2-5H2,1H3,(H,9,10)(H,11,12);5H,1-4,7-8H2,(H,9,10);3H,2H2,1H3;1H4;1-2H/t22-,23-,25+;6-;5-;;;/m110.../s1. The number of amides is 3. The molecule has 1 rings (SSSR count). The van der Waals surface area contributed by atoms with Gasteiger partial charge in [-0.15, -0.1) is 24.7 Å². The fourth-order valence-corrected chi connectivity index (χ4v) is 5.74. The molecule has 63 heavy (non-hydrogen) atoms. The predicted octanol–water partition coefficient (Wildman–Crippen LogP) is 6.97. The molecule has 1 aliphatic rings.